The fourth-order valence-electron chi connectivity index (χ4n) is 3.42. The molecule has 11 heteroatoms. The van der Waals surface area contributed by atoms with Crippen molar-refractivity contribution in [3.05, 3.63) is 97.2 Å². The molecule has 0 aliphatic heterocycles. The highest BCUT2D eigenvalue weighted by atomic mass is 19.1. The highest BCUT2D eigenvalue weighted by molar-refractivity contribution is 5.72. The van der Waals surface area contributed by atoms with Crippen molar-refractivity contribution in [2.75, 3.05) is 13.7 Å². The Hall–Kier alpha value is -4.12. The zero-order chi connectivity index (χ0) is 22.8. The third kappa shape index (κ3) is 3.81. The molecule has 0 atom stereocenters. The maximum Gasteiger partial charge on any atom is 0.337 e. The molecule has 0 saturated carbocycles. The lowest BCUT2D eigenvalue weighted by Crippen LogP contribution is -2.41. The van der Waals surface area contributed by atoms with Crippen LogP contribution >= 0.6 is 0 Å². The van der Waals surface area contributed by atoms with Crippen LogP contribution in [0.3, 0.4) is 0 Å². The van der Waals surface area contributed by atoms with Crippen LogP contribution in [0, 0.1) is 15.9 Å². The zero-order valence-corrected chi connectivity index (χ0v) is 17.0. The SMILES string of the molecule is COCCn1c(=O)c2c(ncn2Cc2ccc([N+](=O)[O-])cc2)n(-c2ccc(F)cc2)c1=O. The summed E-state index contributed by atoms with van der Waals surface area (Å²) in [6.45, 7) is 0.365. The number of fused-ring (bicyclic) bond motifs is 1. The smallest absolute Gasteiger partial charge is 0.337 e. The second-order valence-corrected chi connectivity index (χ2v) is 7.01. The maximum atomic E-state index is 13.4. The van der Waals surface area contributed by atoms with E-state index in [2.05, 4.69) is 4.98 Å². The summed E-state index contributed by atoms with van der Waals surface area (Å²) in [5.74, 6) is -0.463. The number of hydrogen-bond acceptors (Lipinski definition) is 6. The van der Waals surface area contributed by atoms with E-state index in [0.29, 0.717) is 11.3 Å². The number of imidazole rings is 1. The quantitative estimate of drug-likeness (QED) is 0.322. The fraction of sp³-hybridized carbons (Fsp3) is 0.190. The maximum absolute atomic E-state index is 13.4. The molecule has 0 saturated heterocycles. The largest absolute Gasteiger partial charge is 0.383 e. The average Bonchev–Trinajstić information content (AvgIpc) is 3.18. The molecule has 10 nitrogen and oxygen atoms in total. The van der Waals surface area contributed by atoms with Gasteiger partial charge in [0, 0.05) is 25.8 Å². The minimum absolute atomic E-state index is 0.0218. The summed E-state index contributed by atoms with van der Waals surface area (Å²) in [4.78, 5) is 41.0. The number of hydrogen-bond donors (Lipinski definition) is 0. The van der Waals surface area contributed by atoms with Gasteiger partial charge in [0.05, 0.1) is 30.1 Å². The lowest BCUT2D eigenvalue weighted by molar-refractivity contribution is -0.384. The standard InChI is InChI=1S/C21H18FN5O5/c1-32-11-10-25-20(28)18-19(26(21(25)29)16-8-4-15(22)5-9-16)23-13-24(18)12-14-2-6-17(7-3-14)27(30)31/h2-9,13H,10-12H2,1H3. The monoisotopic (exact) mass is 439 g/mol. The Morgan fingerprint density at radius 2 is 1.78 bits per heavy atom. The third-order valence-electron chi connectivity index (χ3n) is 5.00. The molecule has 4 rings (SSSR count). The number of halogens is 1. The van der Waals surface area contributed by atoms with Crippen LogP contribution in [0.15, 0.2) is 64.4 Å². The first-order valence-electron chi connectivity index (χ1n) is 9.59. The van der Waals surface area contributed by atoms with E-state index in [4.69, 9.17) is 4.74 Å². The van der Waals surface area contributed by atoms with Crippen LogP contribution in [-0.4, -0.2) is 37.3 Å². The molecule has 0 amide bonds. The minimum atomic E-state index is -0.619. The average molecular weight is 439 g/mol. The number of nitro groups is 1. The van der Waals surface area contributed by atoms with E-state index in [-0.39, 0.29) is 36.5 Å². The summed E-state index contributed by atoms with van der Waals surface area (Å²) in [6, 6.07) is 11.2. The Labute approximate surface area is 179 Å². The molecule has 0 aliphatic carbocycles. The minimum Gasteiger partial charge on any atom is -0.383 e. The Kier molecular flexibility index (Phi) is 5.65. The van der Waals surface area contributed by atoms with Crippen molar-refractivity contribution in [2.24, 2.45) is 0 Å². The van der Waals surface area contributed by atoms with E-state index in [1.807, 2.05) is 0 Å². The van der Waals surface area contributed by atoms with Gasteiger partial charge in [-0.2, -0.15) is 0 Å². The molecule has 0 N–H and O–H groups in total. The van der Waals surface area contributed by atoms with Crippen molar-refractivity contribution in [2.45, 2.75) is 13.1 Å². The zero-order valence-electron chi connectivity index (χ0n) is 17.0. The highest BCUT2D eigenvalue weighted by Crippen LogP contribution is 2.17. The molecule has 0 fully saturated rings. The molecular formula is C21H18FN5O5. The number of aromatic nitrogens is 4. The number of nitro benzene ring substituents is 1. The van der Waals surface area contributed by atoms with Gasteiger partial charge in [-0.25, -0.2) is 18.7 Å². The molecule has 0 bridgehead atoms. The second kappa shape index (κ2) is 8.55. The number of non-ortho nitro benzene ring substituents is 1. The van der Waals surface area contributed by atoms with Gasteiger partial charge in [0.25, 0.3) is 11.2 Å². The van der Waals surface area contributed by atoms with Gasteiger partial charge in [-0.05, 0) is 29.8 Å². The van der Waals surface area contributed by atoms with Crippen molar-refractivity contribution in [1.82, 2.24) is 18.7 Å². The van der Waals surface area contributed by atoms with Gasteiger partial charge in [-0.15, -0.1) is 0 Å². The first-order valence-corrected chi connectivity index (χ1v) is 9.59. The predicted molar refractivity (Wildman–Crippen MR) is 114 cm³/mol. The predicted octanol–water partition coefficient (Wildman–Crippen LogP) is 2.09. The van der Waals surface area contributed by atoms with Crippen LogP contribution in [0.4, 0.5) is 10.1 Å². The number of rotatable bonds is 7. The summed E-state index contributed by atoms with van der Waals surface area (Å²) in [7, 11) is 1.46. The Morgan fingerprint density at radius 1 is 1.09 bits per heavy atom. The van der Waals surface area contributed by atoms with Gasteiger partial charge >= 0.3 is 5.69 Å². The van der Waals surface area contributed by atoms with E-state index >= 15 is 0 Å². The van der Waals surface area contributed by atoms with Crippen molar-refractivity contribution in [3.8, 4) is 5.69 Å². The van der Waals surface area contributed by atoms with Crippen LogP contribution in [0.5, 0.6) is 0 Å². The molecule has 164 valence electrons. The van der Waals surface area contributed by atoms with Crippen LogP contribution in [0.1, 0.15) is 5.56 Å². The van der Waals surface area contributed by atoms with Gasteiger partial charge in [-0.3, -0.25) is 19.5 Å². The molecular weight excluding hydrogens is 421 g/mol. The Balaban J connectivity index is 1.90. The van der Waals surface area contributed by atoms with Crippen LogP contribution in [0.25, 0.3) is 16.9 Å². The Bertz CT molecular complexity index is 1400. The van der Waals surface area contributed by atoms with Gasteiger partial charge in [0.15, 0.2) is 11.2 Å². The highest BCUT2D eigenvalue weighted by Gasteiger charge is 2.19. The van der Waals surface area contributed by atoms with Crippen molar-refractivity contribution in [3.63, 3.8) is 0 Å². The van der Waals surface area contributed by atoms with Crippen molar-refractivity contribution in [1.29, 1.82) is 0 Å². The molecule has 0 aliphatic rings. The fourth-order valence-corrected chi connectivity index (χ4v) is 3.42. The number of nitrogens with zero attached hydrogens (tertiary/aromatic N) is 5. The molecule has 2 aromatic heterocycles. The van der Waals surface area contributed by atoms with Crippen LogP contribution < -0.4 is 11.2 Å². The summed E-state index contributed by atoms with van der Waals surface area (Å²) in [5, 5.41) is 10.9. The lowest BCUT2D eigenvalue weighted by Gasteiger charge is -2.12. The number of methoxy groups -OCH3 is 1. The molecule has 0 unspecified atom stereocenters. The van der Waals surface area contributed by atoms with Gasteiger partial charge in [-0.1, -0.05) is 12.1 Å². The second-order valence-electron chi connectivity index (χ2n) is 7.01. The third-order valence-corrected chi connectivity index (χ3v) is 5.00. The first-order chi connectivity index (χ1) is 15.4. The number of benzene rings is 2. The normalized spacial score (nSPS) is 11.2. The Morgan fingerprint density at radius 3 is 2.41 bits per heavy atom. The molecule has 32 heavy (non-hydrogen) atoms. The van der Waals surface area contributed by atoms with E-state index in [1.165, 1.54) is 54.4 Å². The van der Waals surface area contributed by atoms with Crippen molar-refractivity contribution >= 4 is 16.9 Å². The molecule has 0 radical (unpaired) electrons. The first kappa shape index (κ1) is 21.1. The van der Waals surface area contributed by atoms with Gasteiger partial charge in [0.1, 0.15) is 5.82 Å². The van der Waals surface area contributed by atoms with E-state index in [1.54, 1.807) is 16.7 Å². The van der Waals surface area contributed by atoms with Crippen LogP contribution in [0.2, 0.25) is 0 Å². The summed E-state index contributed by atoms with van der Waals surface area (Å²) in [6.07, 6.45) is 1.42. The lowest BCUT2D eigenvalue weighted by atomic mass is 10.2. The van der Waals surface area contributed by atoms with Gasteiger partial charge < -0.3 is 9.30 Å². The van der Waals surface area contributed by atoms with E-state index in [0.717, 1.165) is 4.57 Å². The van der Waals surface area contributed by atoms with Crippen molar-refractivity contribution < 1.29 is 14.1 Å². The van der Waals surface area contributed by atoms with E-state index < -0.39 is 22.0 Å². The molecule has 4 aromatic rings. The summed E-state index contributed by atoms with van der Waals surface area (Å²) in [5.41, 5.74) is 0.152. The topological polar surface area (TPSA) is 114 Å². The van der Waals surface area contributed by atoms with E-state index in [9.17, 15) is 24.1 Å². The number of ether oxygens (including phenoxy) is 1. The summed E-state index contributed by atoms with van der Waals surface area (Å²) < 4.78 is 22.3. The molecule has 2 heterocycles. The molecule has 2 aromatic carbocycles. The summed E-state index contributed by atoms with van der Waals surface area (Å²) >= 11 is 0. The molecule has 0 spiro atoms. The van der Waals surface area contributed by atoms with Gasteiger partial charge in [0.2, 0.25) is 0 Å². The van der Waals surface area contributed by atoms with Crippen LogP contribution in [-0.2, 0) is 17.8 Å².